The van der Waals surface area contributed by atoms with Crippen LogP contribution in [0.5, 0.6) is 0 Å². The Morgan fingerprint density at radius 1 is 1.12 bits per heavy atom. The largest absolute Gasteiger partial charge is 0.446 e. The van der Waals surface area contributed by atoms with Crippen LogP contribution in [0.2, 0.25) is 0 Å². The topological polar surface area (TPSA) is 98.0 Å². The summed E-state index contributed by atoms with van der Waals surface area (Å²) in [4.78, 5) is 8.90. The molecule has 0 saturated heterocycles. The molecule has 0 unspecified atom stereocenters. The number of furan rings is 1. The summed E-state index contributed by atoms with van der Waals surface area (Å²) in [6, 6.07) is 13.9. The number of fused-ring (bicyclic) bond motifs is 2. The quantitative estimate of drug-likeness (QED) is 0.862. The minimum absolute atomic E-state index is 0.330. The fourth-order valence-corrected chi connectivity index (χ4v) is 3.01. The van der Waals surface area contributed by atoms with Gasteiger partial charge in [-0.3, -0.25) is 10.4 Å². The number of rotatable bonds is 4. The third kappa shape index (κ3) is 2.29. The lowest BCUT2D eigenvalue weighted by Gasteiger charge is -2.31. The van der Waals surface area contributed by atoms with Gasteiger partial charge in [0.05, 0.1) is 6.26 Å². The van der Waals surface area contributed by atoms with Crippen molar-refractivity contribution < 1.29 is 4.42 Å². The predicted octanol–water partition coefficient (Wildman–Crippen LogP) is 1.22. The Kier molecular flexibility index (Phi) is 3.17. The highest BCUT2D eigenvalue weighted by Gasteiger charge is 2.37. The van der Waals surface area contributed by atoms with Crippen LogP contribution >= 0.6 is 0 Å². The molecule has 0 fully saturated rings. The van der Waals surface area contributed by atoms with E-state index in [1.165, 1.54) is 10.7 Å². The lowest BCUT2D eigenvalue weighted by atomic mass is 10.1. The lowest BCUT2D eigenvalue weighted by Crippen LogP contribution is -2.49. The van der Waals surface area contributed by atoms with E-state index in [4.69, 9.17) is 10.2 Å². The Bertz CT molecular complexity index is 944. The van der Waals surface area contributed by atoms with E-state index in [0.717, 1.165) is 13.0 Å². The number of nitrogens with zero attached hydrogens (tertiary/aromatic N) is 6. The molecule has 0 spiro atoms. The first-order valence-corrected chi connectivity index (χ1v) is 8.22. The van der Waals surface area contributed by atoms with Gasteiger partial charge in [0, 0.05) is 12.6 Å². The summed E-state index contributed by atoms with van der Waals surface area (Å²) in [7, 11) is 0. The maximum atomic E-state index is 6.17. The van der Waals surface area contributed by atoms with Crippen LogP contribution in [-0.2, 0) is 6.42 Å². The van der Waals surface area contributed by atoms with Gasteiger partial charge in [-0.2, -0.15) is 10.0 Å². The number of aliphatic imine (C=N–C) groups is 2. The minimum atomic E-state index is 0.330. The second kappa shape index (κ2) is 5.66. The van der Waals surface area contributed by atoms with Crippen LogP contribution in [0, 0.1) is 0 Å². The van der Waals surface area contributed by atoms with E-state index >= 15 is 0 Å². The normalized spacial score (nSPS) is 17.9. The second-order valence-corrected chi connectivity index (χ2v) is 5.92. The van der Waals surface area contributed by atoms with E-state index in [1.807, 2.05) is 23.2 Å². The number of anilines is 1. The summed E-state index contributed by atoms with van der Waals surface area (Å²) in [6.07, 6.45) is 4.21. The van der Waals surface area contributed by atoms with Gasteiger partial charge in [0.2, 0.25) is 17.7 Å². The summed E-state index contributed by atoms with van der Waals surface area (Å²) in [6.45, 7) is 0.731. The van der Waals surface area contributed by atoms with Crippen molar-refractivity contribution in [3.8, 4) is 0 Å². The Hall–Kier alpha value is -3.75. The van der Waals surface area contributed by atoms with Gasteiger partial charge in [-0.1, -0.05) is 30.3 Å². The number of hydrogen-bond donors (Lipinski definition) is 2. The number of benzene rings is 1. The van der Waals surface area contributed by atoms with Crippen molar-refractivity contribution >= 4 is 24.0 Å². The molecule has 0 bridgehead atoms. The Labute approximate surface area is 149 Å². The number of nitrogens with two attached hydrogens (primary N) is 1. The van der Waals surface area contributed by atoms with Gasteiger partial charge in [0.15, 0.2) is 5.82 Å². The van der Waals surface area contributed by atoms with E-state index in [-0.39, 0.29) is 0 Å². The van der Waals surface area contributed by atoms with Crippen LogP contribution < -0.4 is 16.3 Å². The third-order valence-electron chi connectivity index (χ3n) is 4.26. The van der Waals surface area contributed by atoms with E-state index < -0.39 is 0 Å². The van der Waals surface area contributed by atoms with Crippen LogP contribution in [-0.4, -0.2) is 34.7 Å². The number of nitrogens with one attached hydrogen (secondary N) is 1. The molecule has 1 aromatic heterocycles. The molecular formula is C17H16N8O. The Balaban J connectivity index is 1.38. The van der Waals surface area contributed by atoms with Crippen molar-refractivity contribution in [3.63, 3.8) is 0 Å². The smallest absolute Gasteiger partial charge is 0.235 e. The molecule has 130 valence electrons. The molecule has 9 heteroatoms. The molecule has 5 rings (SSSR count). The molecule has 26 heavy (non-hydrogen) atoms. The molecule has 4 heterocycles. The van der Waals surface area contributed by atoms with Crippen LogP contribution in [0.4, 0.5) is 5.88 Å². The number of guanidine groups is 1. The monoisotopic (exact) mass is 348 g/mol. The zero-order valence-corrected chi connectivity index (χ0v) is 13.8. The van der Waals surface area contributed by atoms with E-state index in [9.17, 15) is 0 Å². The summed E-state index contributed by atoms with van der Waals surface area (Å²) in [5.41, 5.74) is 11.3. The standard InChI is InChI=1S/C17H16N8O/c18-17-20-15-14(21-25(22-15)13-7-4-10-26-13)16-19-11-23(24(16)17)9-8-12-5-2-1-3-6-12/h1-7,10-11,21H,8-9H2,(H2,18,20,22). The fraction of sp³-hybridized carbons (Fsp3) is 0.118. The number of hydrogen-bond acceptors (Lipinski definition) is 9. The maximum absolute atomic E-state index is 6.17. The number of hydrazine groups is 2. The second-order valence-electron chi connectivity index (χ2n) is 5.92. The molecule has 3 aliphatic heterocycles. The molecule has 2 aromatic rings. The minimum Gasteiger partial charge on any atom is -0.446 e. The van der Waals surface area contributed by atoms with Gasteiger partial charge < -0.3 is 10.2 Å². The summed E-state index contributed by atoms with van der Waals surface area (Å²) < 4.78 is 5.36. The highest BCUT2D eigenvalue weighted by molar-refractivity contribution is 6.10. The highest BCUT2D eigenvalue weighted by Crippen LogP contribution is 2.28. The predicted molar refractivity (Wildman–Crippen MR) is 97.6 cm³/mol. The first kappa shape index (κ1) is 14.6. The average Bonchev–Trinajstić information content (AvgIpc) is 3.39. The molecule has 1 aromatic carbocycles. The van der Waals surface area contributed by atoms with Crippen LogP contribution in [0.25, 0.3) is 0 Å². The number of amidine groups is 1. The molecule has 0 radical (unpaired) electrons. The van der Waals surface area contributed by atoms with Gasteiger partial charge >= 0.3 is 0 Å². The van der Waals surface area contributed by atoms with Crippen molar-refractivity contribution in [1.29, 1.82) is 0 Å². The van der Waals surface area contributed by atoms with Crippen molar-refractivity contribution in [1.82, 2.24) is 15.4 Å². The molecule has 9 nitrogen and oxygen atoms in total. The van der Waals surface area contributed by atoms with Crippen molar-refractivity contribution in [2.24, 2.45) is 20.8 Å². The molecule has 3 N–H and O–H groups in total. The first-order valence-electron chi connectivity index (χ1n) is 8.22. The lowest BCUT2D eigenvalue weighted by molar-refractivity contribution is 0.197. The summed E-state index contributed by atoms with van der Waals surface area (Å²) in [5, 5.41) is 9.63. The van der Waals surface area contributed by atoms with Gasteiger partial charge in [-0.05, 0) is 18.1 Å². The third-order valence-corrected chi connectivity index (χ3v) is 4.26. The molecule has 0 amide bonds. The molecule has 0 saturated carbocycles. The van der Waals surface area contributed by atoms with E-state index in [2.05, 4.69) is 32.6 Å². The maximum Gasteiger partial charge on any atom is 0.235 e. The SMILES string of the molecule is NC1=NC2=NN(c3ccco3)NC2=C2N=CN(CCc3ccccc3)N12. The van der Waals surface area contributed by atoms with Gasteiger partial charge in [-0.15, -0.1) is 10.2 Å². The molecule has 0 aliphatic carbocycles. The zero-order valence-electron chi connectivity index (χ0n) is 13.8. The first-order chi connectivity index (χ1) is 12.8. The van der Waals surface area contributed by atoms with E-state index in [0.29, 0.717) is 29.2 Å². The van der Waals surface area contributed by atoms with Crippen molar-refractivity contribution in [2.45, 2.75) is 6.42 Å². The van der Waals surface area contributed by atoms with Crippen LogP contribution in [0.15, 0.2) is 79.7 Å². The Morgan fingerprint density at radius 2 is 2.00 bits per heavy atom. The fourth-order valence-electron chi connectivity index (χ4n) is 3.01. The Morgan fingerprint density at radius 3 is 2.81 bits per heavy atom. The van der Waals surface area contributed by atoms with E-state index in [1.54, 1.807) is 29.7 Å². The zero-order chi connectivity index (χ0) is 17.5. The van der Waals surface area contributed by atoms with Crippen LogP contribution in [0.1, 0.15) is 5.56 Å². The molecular weight excluding hydrogens is 332 g/mol. The average molecular weight is 348 g/mol. The number of hydrazone groups is 1. The van der Waals surface area contributed by atoms with Crippen molar-refractivity contribution in [2.75, 3.05) is 11.7 Å². The van der Waals surface area contributed by atoms with Crippen molar-refractivity contribution in [3.05, 3.63) is 65.8 Å². The highest BCUT2D eigenvalue weighted by atomic mass is 16.4. The molecule has 3 aliphatic rings. The van der Waals surface area contributed by atoms with Gasteiger partial charge in [-0.25, -0.2) is 4.99 Å². The molecule has 0 atom stereocenters. The van der Waals surface area contributed by atoms with Crippen LogP contribution in [0.3, 0.4) is 0 Å². The van der Waals surface area contributed by atoms with Gasteiger partial charge in [0.1, 0.15) is 12.0 Å². The summed E-state index contributed by atoms with van der Waals surface area (Å²) in [5.74, 6) is 2.03. The summed E-state index contributed by atoms with van der Waals surface area (Å²) >= 11 is 0. The van der Waals surface area contributed by atoms with Gasteiger partial charge in [0.25, 0.3) is 0 Å².